The van der Waals surface area contributed by atoms with Crippen molar-refractivity contribution in [2.24, 2.45) is 0 Å². The number of hydrogen-bond acceptors (Lipinski definition) is 3. The van der Waals surface area contributed by atoms with Crippen molar-refractivity contribution in [1.29, 1.82) is 0 Å². The summed E-state index contributed by atoms with van der Waals surface area (Å²) in [5, 5.41) is 1.25. The zero-order valence-corrected chi connectivity index (χ0v) is 8.81. The Labute approximate surface area is 91.2 Å². The smallest absolute Gasteiger partial charge is 0.0949 e. The molecule has 1 aromatic carbocycles. The second-order valence-electron chi connectivity index (χ2n) is 3.36. The molecule has 4 heteroatoms. The van der Waals surface area contributed by atoms with Crippen molar-refractivity contribution in [3.63, 3.8) is 0 Å². The van der Waals surface area contributed by atoms with Crippen LogP contribution in [0.3, 0.4) is 0 Å². The van der Waals surface area contributed by atoms with Crippen LogP contribution in [0.4, 0.5) is 0 Å². The van der Waals surface area contributed by atoms with E-state index in [0.717, 1.165) is 12.2 Å². The molecule has 0 saturated heterocycles. The monoisotopic (exact) mass is 215 g/mol. The van der Waals surface area contributed by atoms with E-state index in [-0.39, 0.29) is 0 Å². The normalized spacial score (nSPS) is 10.9. The lowest BCUT2D eigenvalue weighted by Gasteiger charge is -1.98. The Hall–Kier alpha value is -1.68. The predicted octanol–water partition coefficient (Wildman–Crippen LogP) is 2.54. The first-order chi connectivity index (χ1) is 7.43. The molecule has 0 saturated carbocycles. The molecule has 3 nitrogen and oxygen atoms in total. The van der Waals surface area contributed by atoms with Crippen LogP contribution in [0, 0.1) is 0 Å². The van der Waals surface area contributed by atoms with Crippen LogP contribution in [-0.4, -0.2) is 13.9 Å². The summed E-state index contributed by atoms with van der Waals surface area (Å²) < 4.78 is 7.74. The SMILES string of the molecule is c1ccc2c(Cn3ccnc3)nsc2c1. The maximum atomic E-state index is 4.46. The van der Waals surface area contributed by atoms with Crippen LogP contribution < -0.4 is 0 Å². The third-order valence-corrected chi connectivity index (χ3v) is 3.21. The number of nitrogens with zero attached hydrogens (tertiary/aromatic N) is 3. The van der Waals surface area contributed by atoms with Gasteiger partial charge in [-0.15, -0.1) is 0 Å². The maximum Gasteiger partial charge on any atom is 0.0949 e. The van der Waals surface area contributed by atoms with Crippen LogP contribution >= 0.6 is 11.5 Å². The molecule has 0 radical (unpaired) electrons. The molecule has 0 amide bonds. The number of benzene rings is 1. The summed E-state index contributed by atoms with van der Waals surface area (Å²) in [6.07, 6.45) is 5.55. The Balaban J connectivity index is 2.05. The van der Waals surface area contributed by atoms with Gasteiger partial charge in [0, 0.05) is 17.8 Å². The fraction of sp³-hybridized carbons (Fsp3) is 0.0909. The predicted molar refractivity (Wildman–Crippen MR) is 60.9 cm³/mol. The topological polar surface area (TPSA) is 30.7 Å². The van der Waals surface area contributed by atoms with Gasteiger partial charge >= 0.3 is 0 Å². The Kier molecular flexibility index (Phi) is 1.99. The minimum Gasteiger partial charge on any atom is -0.331 e. The van der Waals surface area contributed by atoms with E-state index in [4.69, 9.17) is 0 Å². The van der Waals surface area contributed by atoms with Gasteiger partial charge in [-0.3, -0.25) is 0 Å². The van der Waals surface area contributed by atoms with Gasteiger partial charge in [-0.25, -0.2) is 4.98 Å². The van der Waals surface area contributed by atoms with Crippen LogP contribution in [-0.2, 0) is 6.54 Å². The van der Waals surface area contributed by atoms with E-state index in [0.29, 0.717) is 0 Å². The highest BCUT2D eigenvalue weighted by atomic mass is 32.1. The van der Waals surface area contributed by atoms with Gasteiger partial charge in [0.25, 0.3) is 0 Å². The number of imidazole rings is 1. The molecule has 0 atom stereocenters. The highest BCUT2D eigenvalue weighted by Crippen LogP contribution is 2.22. The number of hydrogen-bond donors (Lipinski definition) is 0. The van der Waals surface area contributed by atoms with Crippen molar-refractivity contribution in [3.05, 3.63) is 48.7 Å². The van der Waals surface area contributed by atoms with Crippen LogP contribution in [0.25, 0.3) is 10.1 Å². The van der Waals surface area contributed by atoms with Crippen molar-refractivity contribution in [3.8, 4) is 0 Å². The van der Waals surface area contributed by atoms with E-state index in [1.54, 1.807) is 17.7 Å². The molecule has 0 aliphatic heterocycles. The highest BCUT2D eigenvalue weighted by molar-refractivity contribution is 7.13. The van der Waals surface area contributed by atoms with Gasteiger partial charge < -0.3 is 4.57 Å². The van der Waals surface area contributed by atoms with Crippen LogP contribution in [0.1, 0.15) is 5.69 Å². The summed E-state index contributed by atoms with van der Waals surface area (Å²) in [6, 6.07) is 8.31. The lowest BCUT2D eigenvalue weighted by molar-refractivity contribution is 0.788. The van der Waals surface area contributed by atoms with E-state index in [2.05, 4.69) is 21.5 Å². The Morgan fingerprint density at radius 1 is 1.27 bits per heavy atom. The van der Waals surface area contributed by atoms with Crippen LogP contribution in [0.5, 0.6) is 0 Å². The van der Waals surface area contributed by atoms with E-state index < -0.39 is 0 Å². The maximum absolute atomic E-state index is 4.46. The van der Waals surface area contributed by atoms with Gasteiger partial charge in [-0.05, 0) is 17.6 Å². The number of fused-ring (bicyclic) bond motifs is 1. The van der Waals surface area contributed by atoms with E-state index in [1.807, 2.05) is 29.2 Å². The third kappa shape index (κ3) is 1.53. The first-order valence-corrected chi connectivity index (χ1v) is 5.50. The molecule has 2 aromatic heterocycles. The average molecular weight is 215 g/mol. The summed E-state index contributed by atoms with van der Waals surface area (Å²) in [6.45, 7) is 0.796. The first-order valence-electron chi connectivity index (χ1n) is 4.72. The molecular weight excluding hydrogens is 206 g/mol. The minimum atomic E-state index is 0.796. The Bertz CT molecular complexity index is 568. The number of rotatable bonds is 2. The summed E-state index contributed by atoms with van der Waals surface area (Å²) >= 11 is 1.55. The standard InChI is InChI=1S/C11H9N3S/c1-2-4-11-9(3-1)10(13-15-11)7-14-6-5-12-8-14/h1-6,8H,7H2. The summed E-state index contributed by atoms with van der Waals surface area (Å²) in [4.78, 5) is 4.02. The van der Waals surface area contributed by atoms with Crippen molar-refractivity contribution >= 4 is 21.6 Å². The lowest BCUT2D eigenvalue weighted by atomic mass is 10.2. The summed E-state index contributed by atoms with van der Waals surface area (Å²) in [5.74, 6) is 0. The fourth-order valence-electron chi connectivity index (χ4n) is 1.61. The molecule has 74 valence electrons. The van der Waals surface area contributed by atoms with Gasteiger partial charge in [0.05, 0.1) is 23.3 Å². The number of aromatic nitrogens is 3. The first kappa shape index (κ1) is 8.61. The zero-order valence-electron chi connectivity index (χ0n) is 8.00. The largest absolute Gasteiger partial charge is 0.331 e. The van der Waals surface area contributed by atoms with Crippen molar-refractivity contribution in [2.75, 3.05) is 0 Å². The molecule has 0 aliphatic carbocycles. The molecule has 0 unspecified atom stereocenters. The quantitative estimate of drug-likeness (QED) is 0.657. The minimum absolute atomic E-state index is 0.796. The Morgan fingerprint density at radius 2 is 2.20 bits per heavy atom. The molecule has 0 N–H and O–H groups in total. The second kappa shape index (κ2) is 3.47. The summed E-state index contributed by atoms with van der Waals surface area (Å²) in [7, 11) is 0. The van der Waals surface area contributed by atoms with Gasteiger partial charge in [-0.2, -0.15) is 4.37 Å². The lowest BCUT2D eigenvalue weighted by Crippen LogP contribution is -1.96. The van der Waals surface area contributed by atoms with E-state index in [1.165, 1.54) is 10.1 Å². The van der Waals surface area contributed by atoms with Crippen molar-refractivity contribution < 1.29 is 0 Å². The van der Waals surface area contributed by atoms with E-state index in [9.17, 15) is 0 Å². The Morgan fingerprint density at radius 3 is 3.07 bits per heavy atom. The van der Waals surface area contributed by atoms with Crippen LogP contribution in [0.2, 0.25) is 0 Å². The average Bonchev–Trinajstić information content (AvgIpc) is 2.89. The van der Waals surface area contributed by atoms with Gasteiger partial charge in [0.15, 0.2) is 0 Å². The molecule has 15 heavy (non-hydrogen) atoms. The highest BCUT2D eigenvalue weighted by Gasteiger charge is 2.04. The molecule has 0 spiro atoms. The van der Waals surface area contributed by atoms with Crippen molar-refractivity contribution in [1.82, 2.24) is 13.9 Å². The van der Waals surface area contributed by atoms with E-state index >= 15 is 0 Å². The van der Waals surface area contributed by atoms with Gasteiger partial charge in [0.2, 0.25) is 0 Å². The second-order valence-corrected chi connectivity index (χ2v) is 4.17. The van der Waals surface area contributed by atoms with Gasteiger partial charge in [-0.1, -0.05) is 18.2 Å². The molecule has 0 bridgehead atoms. The van der Waals surface area contributed by atoms with Gasteiger partial charge in [0.1, 0.15) is 0 Å². The fourth-order valence-corrected chi connectivity index (χ4v) is 2.39. The van der Waals surface area contributed by atoms with Crippen LogP contribution in [0.15, 0.2) is 43.0 Å². The molecule has 2 heterocycles. The molecule has 0 aliphatic rings. The molecular formula is C11H9N3S. The molecule has 3 aromatic rings. The summed E-state index contributed by atoms with van der Waals surface area (Å²) in [5.41, 5.74) is 1.12. The third-order valence-electron chi connectivity index (χ3n) is 2.34. The molecule has 0 fully saturated rings. The zero-order chi connectivity index (χ0) is 10.1. The molecule has 3 rings (SSSR count). The van der Waals surface area contributed by atoms with Crippen molar-refractivity contribution in [2.45, 2.75) is 6.54 Å².